The van der Waals surface area contributed by atoms with Gasteiger partial charge in [0.05, 0.1) is 29.5 Å². The van der Waals surface area contributed by atoms with Gasteiger partial charge < -0.3 is 10.1 Å². The lowest BCUT2D eigenvalue weighted by Crippen LogP contribution is -2.01. The van der Waals surface area contributed by atoms with Crippen LogP contribution in [0.15, 0.2) is 36.4 Å². The highest BCUT2D eigenvalue weighted by atomic mass is 35.5. The van der Waals surface area contributed by atoms with Gasteiger partial charge in [-0.2, -0.15) is 8.75 Å². The van der Waals surface area contributed by atoms with Crippen LogP contribution < -0.4 is 10.1 Å². The SMILES string of the molecule is COc1cccc(CNc2c(Cl)ccc3nsnc23)c1. The molecule has 0 atom stereocenters. The van der Waals surface area contributed by atoms with Crippen LogP contribution in [0, 0.1) is 0 Å². The van der Waals surface area contributed by atoms with Gasteiger partial charge in [0.25, 0.3) is 0 Å². The largest absolute Gasteiger partial charge is 0.497 e. The standard InChI is InChI=1S/C14H12ClN3OS/c1-19-10-4-2-3-9(7-10)8-16-13-11(15)5-6-12-14(13)18-20-17-12/h2-7,16H,8H2,1H3. The van der Waals surface area contributed by atoms with Gasteiger partial charge in [-0.25, -0.2) is 0 Å². The Morgan fingerprint density at radius 1 is 1.25 bits per heavy atom. The number of hydrogen-bond donors (Lipinski definition) is 1. The molecule has 4 nitrogen and oxygen atoms in total. The van der Waals surface area contributed by atoms with Gasteiger partial charge in [-0.1, -0.05) is 23.7 Å². The lowest BCUT2D eigenvalue weighted by molar-refractivity contribution is 0.414. The zero-order valence-electron chi connectivity index (χ0n) is 10.8. The highest BCUT2D eigenvalue weighted by Gasteiger charge is 2.09. The van der Waals surface area contributed by atoms with Gasteiger partial charge in [0.1, 0.15) is 16.8 Å². The zero-order valence-corrected chi connectivity index (χ0v) is 12.3. The molecule has 6 heteroatoms. The van der Waals surface area contributed by atoms with Gasteiger partial charge in [-0.05, 0) is 29.8 Å². The molecule has 1 aromatic heterocycles. The third kappa shape index (κ3) is 2.55. The van der Waals surface area contributed by atoms with Crippen LogP contribution in [0.25, 0.3) is 11.0 Å². The number of ether oxygens (including phenoxy) is 1. The lowest BCUT2D eigenvalue weighted by atomic mass is 10.2. The number of hydrogen-bond acceptors (Lipinski definition) is 5. The van der Waals surface area contributed by atoms with Crippen molar-refractivity contribution in [2.24, 2.45) is 0 Å². The van der Waals surface area contributed by atoms with Gasteiger partial charge in [0.2, 0.25) is 0 Å². The number of fused-ring (bicyclic) bond motifs is 1. The summed E-state index contributed by atoms with van der Waals surface area (Å²) in [5.41, 5.74) is 3.60. The Bertz CT molecular complexity index is 744. The Morgan fingerprint density at radius 3 is 3.00 bits per heavy atom. The molecular formula is C14H12ClN3OS. The molecule has 0 amide bonds. The number of nitrogens with one attached hydrogen (secondary N) is 1. The van der Waals surface area contributed by atoms with Gasteiger partial charge in [0, 0.05) is 6.54 Å². The minimum atomic E-state index is 0.646. The number of aromatic nitrogens is 2. The van der Waals surface area contributed by atoms with Gasteiger partial charge in [0.15, 0.2) is 0 Å². The molecule has 0 unspecified atom stereocenters. The maximum Gasteiger partial charge on any atom is 0.129 e. The maximum absolute atomic E-state index is 6.23. The molecule has 1 heterocycles. The highest BCUT2D eigenvalue weighted by Crippen LogP contribution is 2.30. The average molecular weight is 306 g/mol. The van der Waals surface area contributed by atoms with Crippen molar-refractivity contribution in [2.75, 3.05) is 12.4 Å². The Hall–Kier alpha value is -1.85. The molecule has 0 fully saturated rings. The monoisotopic (exact) mass is 305 g/mol. The second-order valence-electron chi connectivity index (χ2n) is 4.26. The molecule has 20 heavy (non-hydrogen) atoms. The van der Waals surface area contributed by atoms with E-state index in [4.69, 9.17) is 16.3 Å². The molecule has 0 bridgehead atoms. The average Bonchev–Trinajstić information content (AvgIpc) is 2.95. The van der Waals surface area contributed by atoms with Crippen LogP contribution in [0.4, 0.5) is 5.69 Å². The van der Waals surface area contributed by atoms with E-state index in [1.165, 1.54) is 11.7 Å². The first-order chi connectivity index (χ1) is 9.78. The molecule has 102 valence electrons. The normalized spacial score (nSPS) is 10.7. The first-order valence-electron chi connectivity index (χ1n) is 6.05. The molecule has 3 aromatic rings. The summed E-state index contributed by atoms with van der Waals surface area (Å²) in [6, 6.07) is 11.6. The summed E-state index contributed by atoms with van der Waals surface area (Å²) in [6.07, 6.45) is 0. The second kappa shape index (κ2) is 5.64. The summed E-state index contributed by atoms with van der Waals surface area (Å²) >= 11 is 7.42. The number of halogens is 1. The summed E-state index contributed by atoms with van der Waals surface area (Å²) < 4.78 is 13.7. The minimum Gasteiger partial charge on any atom is -0.497 e. The van der Waals surface area contributed by atoms with E-state index in [0.717, 1.165) is 28.0 Å². The summed E-state index contributed by atoms with van der Waals surface area (Å²) in [5, 5.41) is 3.97. The van der Waals surface area contributed by atoms with Crippen molar-refractivity contribution >= 4 is 40.0 Å². The van der Waals surface area contributed by atoms with E-state index >= 15 is 0 Å². The van der Waals surface area contributed by atoms with Crippen molar-refractivity contribution in [1.82, 2.24) is 8.75 Å². The van der Waals surface area contributed by atoms with E-state index < -0.39 is 0 Å². The van der Waals surface area contributed by atoms with Crippen LogP contribution in [0.5, 0.6) is 5.75 Å². The molecule has 3 rings (SSSR count). The fourth-order valence-electron chi connectivity index (χ4n) is 1.97. The molecule has 1 N–H and O–H groups in total. The van der Waals surface area contributed by atoms with Crippen molar-refractivity contribution in [3.63, 3.8) is 0 Å². The van der Waals surface area contributed by atoms with Crippen LogP contribution in [-0.4, -0.2) is 15.9 Å². The van der Waals surface area contributed by atoms with E-state index in [-0.39, 0.29) is 0 Å². The van der Waals surface area contributed by atoms with Crippen LogP contribution in [0.1, 0.15) is 5.56 Å². The second-order valence-corrected chi connectivity index (χ2v) is 5.20. The van der Waals surface area contributed by atoms with Gasteiger partial charge >= 0.3 is 0 Å². The van der Waals surface area contributed by atoms with E-state index in [2.05, 4.69) is 14.1 Å². The summed E-state index contributed by atoms with van der Waals surface area (Å²) in [5.74, 6) is 0.837. The van der Waals surface area contributed by atoms with Gasteiger partial charge in [-0.3, -0.25) is 0 Å². The maximum atomic E-state index is 6.23. The van der Waals surface area contributed by atoms with E-state index in [1.54, 1.807) is 7.11 Å². The smallest absolute Gasteiger partial charge is 0.129 e. The summed E-state index contributed by atoms with van der Waals surface area (Å²) in [4.78, 5) is 0. The fraction of sp³-hybridized carbons (Fsp3) is 0.143. The first-order valence-corrected chi connectivity index (χ1v) is 7.16. The number of rotatable bonds is 4. The van der Waals surface area contributed by atoms with E-state index in [9.17, 15) is 0 Å². The van der Waals surface area contributed by atoms with Crippen molar-refractivity contribution < 1.29 is 4.74 Å². The number of nitrogens with zero attached hydrogens (tertiary/aromatic N) is 2. The topological polar surface area (TPSA) is 47.0 Å². The molecule has 0 aliphatic heterocycles. The Morgan fingerprint density at radius 2 is 2.15 bits per heavy atom. The van der Waals surface area contributed by atoms with Crippen LogP contribution >= 0.6 is 23.3 Å². The fourth-order valence-corrected chi connectivity index (χ4v) is 2.73. The quantitative estimate of drug-likeness (QED) is 0.792. The predicted molar refractivity (Wildman–Crippen MR) is 82.7 cm³/mol. The molecule has 0 saturated heterocycles. The van der Waals surface area contributed by atoms with Crippen LogP contribution in [0.2, 0.25) is 5.02 Å². The van der Waals surface area contributed by atoms with E-state index in [1.807, 2.05) is 36.4 Å². The Labute approximate surface area is 125 Å². The molecule has 0 spiro atoms. The molecule has 2 aromatic carbocycles. The highest BCUT2D eigenvalue weighted by molar-refractivity contribution is 7.00. The predicted octanol–water partition coefficient (Wildman–Crippen LogP) is 3.97. The third-order valence-electron chi connectivity index (χ3n) is 2.98. The molecular weight excluding hydrogens is 294 g/mol. The summed E-state index contributed by atoms with van der Waals surface area (Å²) in [6.45, 7) is 0.646. The minimum absolute atomic E-state index is 0.646. The summed E-state index contributed by atoms with van der Waals surface area (Å²) in [7, 11) is 1.66. The van der Waals surface area contributed by atoms with Crippen molar-refractivity contribution in [1.29, 1.82) is 0 Å². The number of benzene rings is 2. The zero-order chi connectivity index (χ0) is 13.9. The van der Waals surface area contributed by atoms with Crippen LogP contribution in [0.3, 0.4) is 0 Å². The molecule has 0 saturated carbocycles. The van der Waals surface area contributed by atoms with Gasteiger partial charge in [-0.15, -0.1) is 0 Å². The lowest BCUT2D eigenvalue weighted by Gasteiger charge is -2.09. The number of anilines is 1. The Balaban J connectivity index is 1.86. The third-order valence-corrected chi connectivity index (χ3v) is 3.84. The molecule has 0 radical (unpaired) electrons. The van der Waals surface area contributed by atoms with Crippen LogP contribution in [-0.2, 0) is 6.54 Å². The molecule has 0 aliphatic rings. The van der Waals surface area contributed by atoms with Crippen molar-refractivity contribution in [2.45, 2.75) is 6.54 Å². The first kappa shape index (κ1) is 13.1. The Kier molecular flexibility index (Phi) is 3.71. The molecule has 0 aliphatic carbocycles. The van der Waals surface area contributed by atoms with Crippen molar-refractivity contribution in [3.05, 3.63) is 47.0 Å². The van der Waals surface area contributed by atoms with Crippen molar-refractivity contribution in [3.8, 4) is 5.75 Å². The number of methoxy groups -OCH3 is 1. The van der Waals surface area contributed by atoms with E-state index in [0.29, 0.717) is 11.6 Å².